The molecule has 0 unspecified atom stereocenters. The zero-order chi connectivity index (χ0) is 18.3. The van der Waals surface area contributed by atoms with E-state index in [4.69, 9.17) is 9.84 Å². The Labute approximate surface area is 159 Å². The van der Waals surface area contributed by atoms with Crippen LogP contribution in [0.2, 0.25) is 0 Å². The molecule has 136 valence electrons. The van der Waals surface area contributed by atoms with Gasteiger partial charge in [-0.1, -0.05) is 6.07 Å². The summed E-state index contributed by atoms with van der Waals surface area (Å²) in [6, 6.07) is 5.75. The summed E-state index contributed by atoms with van der Waals surface area (Å²) in [4.78, 5) is 25.0. The molecule has 2 aromatic rings. The van der Waals surface area contributed by atoms with Gasteiger partial charge in [-0.3, -0.25) is 4.79 Å². The molecule has 8 heteroatoms. The first kappa shape index (κ1) is 17.4. The standard InChI is InChI=1S/C18H19BrN4O3/c1-22(4-5-24)16(25)12-2-3-14-15(6-12)23(9-18(14)10-26-11-18)17-20-7-13(19)8-21-17/h2-3,6-8,24H,4-5,9-11H2,1H3. The molecule has 1 N–H and O–H groups in total. The Morgan fingerprint density at radius 3 is 2.73 bits per heavy atom. The van der Waals surface area contributed by atoms with Crippen molar-refractivity contribution in [3.8, 4) is 0 Å². The van der Waals surface area contributed by atoms with Crippen molar-refractivity contribution in [3.63, 3.8) is 0 Å². The van der Waals surface area contributed by atoms with Crippen LogP contribution in [0.1, 0.15) is 15.9 Å². The summed E-state index contributed by atoms with van der Waals surface area (Å²) < 4.78 is 6.31. The molecule has 2 aliphatic heterocycles. The second kappa shape index (κ2) is 6.61. The molecule has 1 aromatic heterocycles. The second-order valence-electron chi connectivity index (χ2n) is 6.74. The number of aliphatic hydroxyl groups excluding tert-OH is 1. The van der Waals surface area contributed by atoms with Gasteiger partial charge in [0, 0.05) is 43.8 Å². The van der Waals surface area contributed by atoms with Gasteiger partial charge < -0.3 is 19.6 Å². The molecule has 0 bridgehead atoms. The van der Waals surface area contributed by atoms with Gasteiger partial charge >= 0.3 is 0 Å². The van der Waals surface area contributed by atoms with Crippen LogP contribution in [-0.4, -0.2) is 65.8 Å². The van der Waals surface area contributed by atoms with E-state index in [1.54, 1.807) is 19.4 Å². The minimum Gasteiger partial charge on any atom is -0.395 e. The monoisotopic (exact) mass is 418 g/mol. The number of aliphatic hydroxyl groups is 1. The van der Waals surface area contributed by atoms with E-state index in [1.807, 2.05) is 23.1 Å². The van der Waals surface area contributed by atoms with Crippen molar-refractivity contribution in [2.45, 2.75) is 5.41 Å². The van der Waals surface area contributed by atoms with Crippen LogP contribution in [0.5, 0.6) is 0 Å². The van der Waals surface area contributed by atoms with Gasteiger partial charge in [-0.15, -0.1) is 0 Å². The summed E-state index contributed by atoms with van der Waals surface area (Å²) in [6.45, 7) is 2.28. The molecule has 1 saturated heterocycles. The third-order valence-electron chi connectivity index (χ3n) is 4.95. The number of likely N-dealkylation sites (N-methyl/N-ethyl adjacent to an activating group) is 1. The number of carbonyl (C=O) groups excluding carboxylic acids is 1. The first-order chi connectivity index (χ1) is 12.5. The molecular formula is C18H19BrN4O3. The minimum absolute atomic E-state index is 0.0630. The summed E-state index contributed by atoms with van der Waals surface area (Å²) >= 11 is 3.36. The highest BCUT2D eigenvalue weighted by Gasteiger charge is 2.49. The van der Waals surface area contributed by atoms with E-state index >= 15 is 0 Å². The maximum Gasteiger partial charge on any atom is 0.253 e. The van der Waals surface area contributed by atoms with Gasteiger partial charge in [-0.25, -0.2) is 9.97 Å². The number of hydrogen-bond acceptors (Lipinski definition) is 6. The van der Waals surface area contributed by atoms with Crippen molar-refractivity contribution in [1.29, 1.82) is 0 Å². The van der Waals surface area contributed by atoms with E-state index in [1.165, 1.54) is 4.90 Å². The van der Waals surface area contributed by atoms with Gasteiger partial charge in [-0.2, -0.15) is 0 Å². The fourth-order valence-electron chi connectivity index (χ4n) is 3.50. The van der Waals surface area contributed by atoms with E-state index in [9.17, 15) is 4.79 Å². The van der Waals surface area contributed by atoms with Gasteiger partial charge in [0.2, 0.25) is 5.95 Å². The SMILES string of the molecule is CN(CCO)C(=O)c1ccc2c(c1)N(c1ncc(Br)cn1)CC21COC1. The van der Waals surface area contributed by atoms with Gasteiger partial charge in [0.15, 0.2) is 0 Å². The fraction of sp³-hybridized carbons (Fsp3) is 0.389. The highest BCUT2D eigenvalue weighted by Crippen LogP contribution is 2.47. The molecule has 0 aliphatic carbocycles. The van der Waals surface area contributed by atoms with Gasteiger partial charge in [-0.05, 0) is 33.6 Å². The Bertz CT molecular complexity index is 839. The predicted octanol–water partition coefficient (Wildman–Crippen LogP) is 1.72. The lowest BCUT2D eigenvalue weighted by atomic mass is 9.80. The van der Waals surface area contributed by atoms with Gasteiger partial charge in [0.05, 0.1) is 29.7 Å². The van der Waals surface area contributed by atoms with Crippen molar-refractivity contribution in [2.24, 2.45) is 0 Å². The molecule has 26 heavy (non-hydrogen) atoms. The van der Waals surface area contributed by atoms with Crippen LogP contribution >= 0.6 is 15.9 Å². The zero-order valence-corrected chi connectivity index (χ0v) is 15.9. The summed E-state index contributed by atoms with van der Waals surface area (Å²) in [5.74, 6) is 0.482. The molecule has 7 nitrogen and oxygen atoms in total. The Morgan fingerprint density at radius 2 is 2.12 bits per heavy atom. The normalized spacial score (nSPS) is 17.1. The number of rotatable bonds is 4. The lowest BCUT2D eigenvalue weighted by molar-refractivity contribution is -0.0507. The van der Waals surface area contributed by atoms with Gasteiger partial charge in [0.25, 0.3) is 5.91 Å². The number of benzene rings is 1. The number of hydrogen-bond donors (Lipinski definition) is 1. The molecule has 1 amide bonds. The number of amides is 1. The Kier molecular flexibility index (Phi) is 4.42. The molecule has 1 fully saturated rings. The maximum atomic E-state index is 12.6. The third kappa shape index (κ3) is 2.78. The molecule has 3 heterocycles. The van der Waals surface area contributed by atoms with Crippen LogP contribution in [0.25, 0.3) is 0 Å². The van der Waals surface area contributed by atoms with Crippen LogP contribution in [0.15, 0.2) is 35.1 Å². The van der Waals surface area contributed by atoms with Crippen molar-refractivity contribution in [1.82, 2.24) is 14.9 Å². The number of ether oxygens (including phenoxy) is 1. The fourth-order valence-corrected chi connectivity index (χ4v) is 3.70. The van der Waals surface area contributed by atoms with E-state index < -0.39 is 0 Å². The third-order valence-corrected chi connectivity index (χ3v) is 5.36. The van der Waals surface area contributed by atoms with E-state index in [0.717, 1.165) is 22.3 Å². The molecule has 0 radical (unpaired) electrons. The second-order valence-corrected chi connectivity index (χ2v) is 7.66. The number of carbonyl (C=O) groups is 1. The Hall–Kier alpha value is -2.03. The lowest BCUT2D eigenvalue weighted by Gasteiger charge is -2.38. The number of fused-ring (bicyclic) bond motifs is 2. The van der Waals surface area contributed by atoms with E-state index in [0.29, 0.717) is 31.3 Å². The minimum atomic E-state index is -0.121. The van der Waals surface area contributed by atoms with Crippen LogP contribution in [-0.2, 0) is 10.2 Å². The quantitative estimate of drug-likeness (QED) is 0.814. The van der Waals surface area contributed by atoms with Crippen molar-refractivity contribution in [3.05, 3.63) is 46.2 Å². The Morgan fingerprint density at radius 1 is 1.38 bits per heavy atom. The smallest absolute Gasteiger partial charge is 0.253 e. The first-order valence-electron chi connectivity index (χ1n) is 8.38. The Balaban J connectivity index is 1.74. The molecule has 2 aliphatic rings. The average molecular weight is 419 g/mol. The number of nitrogens with zero attached hydrogens (tertiary/aromatic N) is 4. The van der Waals surface area contributed by atoms with Crippen LogP contribution < -0.4 is 4.90 Å². The van der Waals surface area contributed by atoms with Gasteiger partial charge in [0.1, 0.15) is 0 Å². The largest absolute Gasteiger partial charge is 0.395 e. The molecule has 4 rings (SSSR count). The van der Waals surface area contributed by atoms with Crippen molar-refractivity contribution < 1.29 is 14.6 Å². The zero-order valence-electron chi connectivity index (χ0n) is 14.4. The summed E-state index contributed by atoms with van der Waals surface area (Å²) in [5.41, 5.74) is 2.62. The maximum absolute atomic E-state index is 12.6. The highest BCUT2D eigenvalue weighted by atomic mass is 79.9. The molecule has 1 spiro atoms. The number of anilines is 2. The number of halogens is 1. The topological polar surface area (TPSA) is 78.8 Å². The summed E-state index contributed by atoms with van der Waals surface area (Å²) in [5, 5.41) is 9.07. The average Bonchev–Trinajstić information content (AvgIpc) is 2.97. The number of aromatic nitrogens is 2. The predicted molar refractivity (Wildman–Crippen MR) is 99.7 cm³/mol. The highest BCUT2D eigenvalue weighted by molar-refractivity contribution is 9.10. The van der Waals surface area contributed by atoms with Crippen LogP contribution in [0, 0.1) is 0 Å². The van der Waals surface area contributed by atoms with Crippen molar-refractivity contribution >= 4 is 33.5 Å². The van der Waals surface area contributed by atoms with Crippen LogP contribution in [0.4, 0.5) is 11.6 Å². The molecule has 0 saturated carbocycles. The molecular weight excluding hydrogens is 400 g/mol. The summed E-state index contributed by atoms with van der Waals surface area (Å²) in [6.07, 6.45) is 3.43. The van der Waals surface area contributed by atoms with E-state index in [2.05, 4.69) is 25.9 Å². The molecule has 0 atom stereocenters. The first-order valence-corrected chi connectivity index (χ1v) is 9.17. The van der Waals surface area contributed by atoms with Crippen molar-refractivity contribution in [2.75, 3.05) is 44.9 Å². The van der Waals surface area contributed by atoms with E-state index in [-0.39, 0.29) is 17.9 Å². The molecule has 1 aromatic carbocycles. The lowest BCUT2D eigenvalue weighted by Crippen LogP contribution is -2.49. The van der Waals surface area contributed by atoms with Crippen LogP contribution in [0.3, 0.4) is 0 Å². The summed E-state index contributed by atoms with van der Waals surface area (Å²) in [7, 11) is 1.68.